The van der Waals surface area contributed by atoms with Crippen molar-refractivity contribution in [1.29, 1.82) is 0 Å². The monoisotopic (exact) mass is 436 g/mol. The van der Waals surface area contributed by atoms with E-state index >= 15 is 0 Å². The van der Waals surface area contributed by atoms with Crippen LogP contribution in [0.25, 0.3) is 0 Å². The van der Waals surface area contributed by atoms with Gasteiger partial charge in [-0.25, -0.2) is 8.42 Å². The summed E-state index contributed by atoms with van der Waals surface area (Å²) in [6, 6.07) is 11.9. The summed E-state index contributed by atoms with van der Waals surface area (Å²) in [6.07, 6.45) is 0. The van der Waals surface area contributed by atoms with E-state index < -0.39 is 10.0 Å². The maximum absolute atomic E-state index is 12.9. The summed E-state index contributed by atoms with van der Waals surface area (Å²) >= 11 is 3.34. The Morgan fingerprint density at radius 3 is 2.42 bits per heavy atom. The lowest BCUT2D eigenvalue weighted by molar-refractivity contribution is 0.0730. The zero-order valence-electron chi connectivity index (χ0n) is 14.2. The Bertz CT molecular complexity index is 913. The number of amides is 1. The van der Waals surface area contributed by atoms with Crippen LogP contribution in [0.3, 0.4) is 0 Å². The first-order chi connectivity index (χ1) is 12.4. The largest absolute Gasteiger partial charge is 0.379 e. The van der Waals surface area contributed by atoms with Crippen molar-refractivity contribution >= 4 is 50.9 Å². The van der Waals surface area contributed by atoms with E-state index in [0.29, 0.717) is 43.0 Å². The molecule has 1 amide bonds. The Balaban J connectivity index is 1.87. The van der Waals surface area contributed by atoms with E-state index in [2.05, 4.69) is 21.2 Å². The van der Waals surface area contributed by atoms with Gasteiger partial charge in [0.15, 0.2) is 0 Å². The second kappa shape index (κ2) is 7.91. The summed E-state index contributed by atoms with van der Waals surface area (Å²) in [6.45, 7) is 1.39. The van der Waals surface area contributed by atoms with Crippen LogP contribution in [0.5, 0.6) is 0 Å². The first kappa shape index (κ1) is 19.1. The number of rotatable bonds is 4. The molecule has 9 heteroatoms. The van der Waals surface area contributed by atoms with Gasteiger partial charge in [-0.1, -0.05) is 27.5 Å². The van der Waals surface area contributed by atoms with E-state index in [-0.39, 0.29) is 10.8 Å². The fourth-order valence-electron chi connectivity index (χ4n) is 2.68. The van der Waals surface area contributed by atoms with Crippen LogP contribution in [0.1, 0.15) is 10.4 Å². The first-order valence-corrected chi connectivity index (χ1v) is 10.4. The van der Waals surface area contributed by atoms with Crippen LogP contribution in [0.2, 0.25) is 0 Å². The number of carbonyl (C=O) groups excluding carboxylic acids is 1. The molecule has 1 heterocycles. The topological polar surface area (TPSA) is 75.7 Å². The van der Waals surface area contributed by atoms with Crippen LogP contribution in [0.15, 0.2) is 51.8 Å². The van der Waals surface area contributed by atoms with Crippen molar-refractivity contribution in [3.05, 3.63) is 52.5 Å². The number of carbonyl (C=O) groups is 1. The third-order valence-electron chi connectivity index (χ3n) is 4.14. The van der Waals surface area contributed by atoms with Gasteiger partial charge in [0, 0.05) is 28.8 Å². The average Bonchev–Trinajstić information content (AvgIpc) is 2.64. The minimum Gasteiger partial charge on any atom is -0.379 e. The Morgan fingerprint density at radius 2 is 1.77 bits per heavy atom. The van der Waals surface area contributed by atoms with Crippen molar-refractivity contribution in [3.8, 4) is 0 Å². The molecule has 0 bridgehead atoms. The van der Waals surface area contributed by atoms with Crippen LogP contribution >= 0.6 is 15.9 Å². The molecular formula is C17H18BBrN2O4S. The SMILES string of the molecule is Bc1ccc(C(=O)Nc2ccc(Br)cc2)cc1S(=O)(=O)N1CCOCC1. The number of ether oxygens (including phenoxy) is 1. The van der Waals surface area contributed by atoms with E-state index in [0.717, 1.165) is 4.47 Å². The number of sulfonamides is 1. The molecule has 1 saturated heterocycles. The lowest BCUT2D eigenvalue weighted by atomic mass is 9.95. The predicted octanol–water partition coefficient (Wildman–Crippen LogP) is 0.981. The number of nitrogens with zero attached hydrogens (tertiary/aromatic N) is 1. The van der Waals surface area contributed by atoms with Crippen LogP contribution < -0.4 is 10.8 Å². The van der Waals surface area contributed by atoms with Gasteiger partial charge in [-0.15, -0.1) is 0 Å². The molecule has 2 aromatic rings. The van der Waals surface area contributed by atoms with E-state index in [4.69, 9.17) is 4.74 Å². The number of nitrogens with one attached hydrogen (secondary N) is 1. The van der Waals surface area contributed by atoms with E-state index in [1.54, 1.807) is 32.1 Å². The number of morpholine rings is 1. The summed E-state index contributed by atoms with van der Waals surface area (Å²) in [4.78, 5) is 12.7. The highest BCUT2D eigenvalue weighted by atomic mass is 79.9. The maximum atomic E-state index is 12.9. The van der Waals surface area contributed by atoms with Gasteiger partial charge >= 0.3 is 0 Å². The zero-order valence-corrected chi connectivity index (χ0v) is 16.6. The van der Waals surface area contributed by atoms with Crippen molar-refractivity contribution < 1.29 is 17.9 Å². The normalized spacial score (nSPS) is 15.6. The van der Waals surface area contributed by atoms with E-state index in [1.807, 2.05) is 12.1 Å². The molecule has 0 radical (unpaired) electrons. The van der Waals surface area contributed by atoms with E-state index in [9.17, 15) is 13.2 Å². The minimum atomic E-state index is -3.66. The highest BCUT2D eigenvalue weighted by Gasteiger charge is 2.28. The third kappa shape index (κ3) is 4.17. The molecule has 1 aliphatic rings. The Kier molecular flexibility index (Phi) is 5.81. The van der Waals surface area contributed by atoms with Crippen LogP contribution in [-0.4, -0.2) is 52.8 Å². The molecule has 2 aromatic carbocycles. The van der Waals surface area contributed by atoms with Gasteiger partial charge in [-0.2, -0.15) is 4.31 Å². The molecule has 1 N–H and O–H groups in total. The summed E-state index contributed by atoms with van der Waals surface area (Å²) < 4.78 is 33.4. The van der Waals surface area contributed by atoms with Gasteiger partial charge in [-0.05, 0) is 36.4 Å². The van der Waals surface area contributed by atoms with Crippen molar-refractivity contribution in [2.45, 2.75) is 4.90 Å². The number of hydrogen-bond donors (Lipinski definition) is 1. The molecule has 0 atom stereocenters. The molecule has 0 saturated carbocycles. The molecule has 6 nitrogen and oxygen atoms in total. The van der Waals surface area contributed by atoms with Crippen molar-refractivity contribution in [2.24, 2.45) is 0 Å². The first-order valence-electron chi connectivity index (χ1n) is 8.13. The minimum absolute atomic E-state index is 0.155. The Labute approximate surface area is 162 Å². The van der Waals surface area contributed by atoms with Crippen molar-refractivity contribution in [1.82, 2.24) is 4.31 Å². The lowest BCUT2D eigenvalue weighted by Gasteiger charge is -2.27. The average molecular weight is 437 g/mol. The molecule has 0 aliphatic carbocycles. The molecule has 26 heavy (non-hydrogen) atoms. The summed E-state index contributed by atoms with van der Waals surface area (Å²) in [5.41, 5.74) is 1.54. The van der Waals surface area contributed by atoms with Gasteiger partial charge in [0.2, 0.25) is 10.0 Å². The molecule has 1 aliphatic heterocycles. The fraction of sp³-hybridized carbons (Fsp3) is 0.235. The number of hydrogen-bond acceptors (Lipinski definition) is 4. The fourth-order valence-corrected chi connectivity index (χ4v) is 4.60. The van der Waals surface area contributed by atoms with Gasteiger partial charge < -0.3 is 10.1 Å². The Morgan fingerprint density at radius 1 is 1.12 bits per heavy atom. The number of anilines is 1. The smallest absolute Gasteiger partial charge is 0.255 e. The highest BCUT2D eigenvalue weighted by Crippen LogP contribution is 2.18. The molecule has 0 aromatic heterocycles. The number of halogens is 1. The van der Waals surface area contributed by atoms with Gasteiger partial charge in [0.25, 0.3) is 5.91 Å². The van der Waals surface area contributed by atoms with Crippen molar-refractivity contribution in [2.75, 3.05) is 31.6 Å². The number of benzene rings is 2. The van der Waals surface area contributed by atoms with Gasteiger partial charge in [-0.3, -0.25) is 4.79 Å². The quantitative estimate of drug-likeness (QED) is 0.725. The summed E-state index contributed by atoms with van der Waals surface area (Å²) in [5, 5.41) is 2.77. The predicted molar refractivity (Wildman–Crippen MR) is 106 cm³/mol. The lowest BCUT2D eigenvalue weighted by Crippen LogP contribution is -2.42. The molecule has 0 spiro atoms. The molecular weight excluding hydrogens is 419 g/mol. The van der Waals surface area contributed by atoms with E-state index in [1.165, 1.54) is 10.4 Å². The molecule has 0 unspecified atom stereocenters. The zero-order chi connectivity index (χ0) is 18.7. The third-order valence-corrected chi connectivity index (χ3v) is 6.71. The standard InChI is InChI=1S/C17H18BBrN2O4S/c18-15-6-1-12(17(22)20-14-4-2-13(19)3-5-14)11-16(15)26(23,24)21-7-9-25-10-8-21/h1-6,11H,7-10,18H2,(H,20,22). The van der Waals surface area contributed by atoms with Crippen LogP contribution in [0, 0.1) is 0 Å². The molecule has 3 rings (SSSR count). The van der Waals surface area contributed by atoms with Gasteiger partial charge in [0.1, 0.15) is 7.85 Å². The molecule has 1 fully saturated rings. The maximum Gasteiger partial charge on any atom is 0.255 e. The van der Waals surface area contributed by atoms with Gasteiger partial charge in [0.05, 0.1) is 18.1 Å². The molecule has 136 valence electrons. The second-order valence-electron chi connectivity index (χ2n) is 5.96. The Hall–Kier alpha value is -1.68. The van der Waals surface area contributed by atoms with Crippen molar-refractivity contribution in [3.63, 3.8) is 0 Å². The van der Waals surface area contributed by atoms with Crippen LogP contribution in [-0.2, 0) is 14.8 Å². The second-order valence-corrected chi connectivity index (χ2v) is 8.78. The van der Waals surface area contributed by atoms with Crippen LogP contribution in [0.4, 0.5) is 5.69 Å². The summed E-state index contributed by atoms with van der Waals surface area (Å²) in [7, 11) is -1.93. The highest BCUT2D eigenvalue weighted by molar-refractivity contribution is 9.10. The summed E-state index contributed by atoms with van der Waals surface area (Å²) in [5.74, 6) is -0.356.